The first kappa shape index (κ1) is 17.7. The minimum Gasteiger partial charge on any atom is -0.467 e. The molecule has 0 saturated heterocycles. The van der Waals surface area contributed by atoms with Gasteiger partial charge in [-0.3, -0.25) is 4.79 Å². The average Bonchev–Trinajstić information content (AvgIpc) is 2.57. The first-order valence-corrected chi connectivity index (χ1v) is 7.61. The second-order valence-corrected chi connectivity index (χ2v) is 5.65. The molecule has 0 aliphatic carbocycles. The largest absolute Gasteiger partial charge is 0.467 e. The monoisotopic (exact) mass is 329 g/mol. The molecular formula is C19H20FNO3. The molecule has 126 valence electrons. The summed E-state index contributed by atoms with van der Waals surface area (Å²) in [7, 11) is 1.25. The summed E-state index contributed by atoms with van der Waals surface area (Å²) in [6.07, 6.45) is 0.272. The van der Waals surface area contributed by atoms with Crippen LogP contribution in [0.5, 0.6) is 0 Å². The Morgan fingerprint density at radius 3 is 2.46 bits per heavy atom. The number of carbonyl (C=O) groups is 2. The van der Waals surface area contributed by atoms with Crippen molar-refractivity contribution in [3.8, 4) is 0 Å². The molecular weight excluding hydrogens is 309 g/mol. The standard InChI is InChI=1S/C19H20FNO3/c1-12-8-9-14(10-13(12)2)11-17(19(23)24-3)21-18(22)15-6-4-5-7-16(15)20/h4-10,17H,11H2,1-3H3,(H,21,22)/t17-/m1/s1. The number of rotatable bonds is 5. The van der Waals surface area contributed by atoms with Crippen LogP contribution in [0.15, 0.2) is 42.5 Å². The van der Waals surface area contributed by atoms with Gasteiger partial charge in [-0.15, -0.1) is 0 Å². The zero-order valence-electron chi connectivity index (χ0n) is 13.9. The molecule has 0 radical (unpaired) electrons. The zero-order chi connectivity index (χ0) is 17.7. The number of hydrogen-bond acceptors (Lipinski definition) is 3. The molecule has 24 heavy (non-hydrogen) atoms. The number of ether oxygens (including phenoxy) is 1. The van der Waals surface area contributed by atoms with Crippen LogP contribution < -0.4 is 5.32 Å². The van der Waals surface area contributed by atoms with Crippen molar-refractivity contribution in [2.24, 2.45) is 0 Å². The first-order chi connectivity index (χ1) is 11.4. The molecule has 0 spiro atoms. The van der Waals surface area contributed by atoms with Crippen LogP contribution in [0.3, 0.4) is 0 Å². The lowest BCUT2D eigenvalue weighted by atomic mass is 10.0. The third-order valence-corrected chi connectivity index (χ3v) is 3.92. The molecule has 4 nitrogen and oxygen atoms in total. The van der Waals surface area contributed by atoms with Gasteiger partial charge in [0, 0.05) is 6.42 Å². The van der Waals surface area contributed by atoms with E-state index >= 15 is 0 Å². The van der Waals surface area contributed by atoms with E-state index < -0.39 is 23.7 Å². The van der Waals surface area contributed by atoms with Crippen LogP contribution in [0, 0.1) is 19.7 Å². The summed E-state index contributed by atoms with van der Waals surface area (Å²) in [5.41, 5.74) is 3.02. The van der Waals surface area contributed by atoms with E-state index in [4.69, 9.17) is 4.74 Å². The molecule has 1 amide bonds. The second-order valence-electron chi connectivity index (χ2n) is 5.65. The van der Waals surface area contributed by atoms with E-state index in [1.807, 2.05) is 32.0 Å². The van der Waals surface area contributed by atoms with Gasteiger partial charge in [0.2, 0.25) is 0 Å². The molecule has 0 heterocycles. The van der Waals surface area contributed by atoms with Gasteiger partial charge in [0.05, 0.1) is 12.7 Å². The van der Waals surface area contributed by atoms with Crippen LogP contribution >= 0.6 is 0 Å². The maximum atomic E-state index is 13.7. The van der Waals surface area contributed by atoms with Gasteiger partial charge >= 0.3 is 5.97 Å². The van der Waals surface area contributed by atoms with Crippen molar-refractivity contribution in [2.45, 2.75) is 26.3 Å². The van der Waals surface area contributed by atoms with Crippen molar-refractivity contribution >= 4 is 11.9 Å². The number of amides is 1. The Morgan fingerprint density at radius 2 is 1.83 bits per heavy atom. The molecule has 0 bridgehead atoms. The summed E-state index contributed by atoms with van der Waals surface area (Å²) >= 11 is 0. The lowest BCUT2D eigenvalue weighted by molar-refractivity contribution is -0.142. The van der Waals surface area contributed by atoms with Crippen LogP contribution in [-0.2, 0) is 16.0 Å². The Balaban J connectivity index is 2.19. The van der Waals surface area contributed by atoms with Crippen molar-refractivity contribution in [2.75, 3.05) is 7.11 Å². The van der Waals surface area contributed by atoms with Crippen LogP contribution in [0.1, 0.15) is 27.0 Å². The van der Waals surface area contributed by atoms with E-state index in [9.17, 15) is 14.0 Å². The Kier molecular flexibility index (Phi) is 5.68. The molecule has 2 aromatic carbocycles. The fourth-order valence-corrected chi connectivity index (χ4v) is 2.38. The zero-order valence-corrected chi connectivity index (χ0v) is 13.9. The highest BCUT2D eigenvalue weighted by Gasteiger charge is 2.23. The maximum Gasteiger partial charge on any atom is 0.328 e. The molecule has 0 fully saturated rings. The highest BCUT2D eigenvalue weighted by atomic mass is 19.1. The van der Waals surface area contributed by atoms with Crippen LogP contribution in [0.25, 0.3) is 0 Å². The van der Waals surface area contributed by atoms with Gasteiger partial charge in [0.15, 0.2) is 0 Å². The molecule has 0 aliphatic rings. The smallest absolute Gasteiger partial charge is 0.328 e. The van der Waals surface area contributed by atoms with Gasteiger partial charge in [0.1, 0.15) is 11.9 Å². The number of esters is 1. The highest BCUT2D eigenvalue weighted by Crippen LogP contribution is 2.13. The number of halogens is 1. The lowest BCUT2D eigenvalue weighted by Gasteiger charge is -2.17. The Hall–Kier alpha value is -2.69. The SMILES string of the molecule is COC(=O)[C@@H](Cc1ccc(C)c(C)c1)NC(=O)c1ccccc1F. The third kappa shape index (κ3) is 4.19. The van der Waals surface area contributed by atoms with E-state index in [-0.39, 0.29) is 12.0 Å². The predicted molar refractivity (Wildman–Crippen MR) is 89.3 cm³/mol. The minimum atomic E-state index is -0.885. The normalized spacial score (nSPS) is 11.7. The summed E-state index contributed by atoms with van der Waals surface area (Å²) < 4.78 is 18.5. The predicted octanol–water partition coefficient (Wildman–Crippen LogP) is 2.96. The van der Waals surface area contributed by atoms with Crippen molar-refractivity contribution in [1.29, 1.82) is 0 Å². The summed E-state index contributed by atoms with van der Waals surface area (Å²) in [6, 6.07) is 10.6. The number of nitrogens with one attached hydrogen (secondary N) is 1. The molecule has 5 heteroatoms. The van der Waals surface area contributed by atoms with E-state index in [0.29, 0.717) is 0 Å². The van der Waals surface area contributed by atoms with Crippen molar-refractivity contribution < 1.29 is 18.7 Å². The van der Waals surface area contributed by atoms with E-state index in [2.05, 4.69) is 5.32 Å². The number of hydrogen-bond donors (Lipinski definition) is 1. The molecule has 0 saturated carbocycles. The van der Waals surface area contributed by atoms with Gasteiger partial charge < -0.3 is 10.1 Å². The Morgan fingerprint density at radius 1 is 1.12 bits per heavy atom. The lowest BCUT2D eigenvalue weighted by Crippen LogP contribution is -2.43. The molecule has 1 atom stereocenters. The van der Waals surface area contributed by atoms with Crippen molar-refractivity contribution in [3.63, 3.8) is 0 Å². The van der Waals surface area contributed by atoms with E-state index in [1.54, 1.807) is 6.07 Å². The molecule has 1 N–H and O–H groups in total. The maximum absolute atomic E-state index is 13.7. The average molecular weight is 329 g/mol. The van der Waals surface area contributed by atoms with Crippen LogP contribution in [0.2, 0.25) is 0 Å². The van der Waals surface area contributed by atoms with E-state index in [1.165, 1.54) is 25.3 Å². The van der Waals surface area contributed by atoms with Gasteiger partial charge in [-0.2, -0.15) is 0 Å². The molecule has 2 aromatic rings. The number of aryl methyl sites for hydroxylation is 2. The summed E-state index contributed by atoms with van der Waals surface area (Å²) in [6.45, 7) is 3.97. The first-order valence-electron chi connectivity index (χ1n) is 7.61. The summed E-state index contributed by atoms with van der Waals surface area (Å²) in [4.78, 5) is 24.2. The fourth-order valence-electron chi connectivity index (χ4n) is 2.38. The summed E-state index contributed by atoms with van der Waals surface area (Å²) in [5.74, 6) is -1.85. The van der Waals surface area contributed by atoms with Crippen molar-refractivity contribution in [1.82, 2.24) is 5.32 Å². The number of methoxy groups -OCH3 is 1. The molecule has 2 rings (SSSR count). The van der Waals surface area contributed by atoms with Gasteiger partial charge in [0.25, 0.3) is 5.91 Å². The molecule has 0 aromatic heterocycles. The quantitative estimate of drug-likeness (QED) is 0.858. The highest BCUT2D eigenvalue weighted by molar-refractivity contribution is 5.97. The van der Waals surface area contributed by atoms with Crippen LogP contribution in [-0.4, -0.2) is 25.0 Å². The topological polar surface area (TPSA) is 55.4 Å². The van der Waals surface area contributed by atoms with Crippen molar-refractivity contribution in [3.05, 3.63) is 70.5 Å². The fraction of sp³-hybridized carbons (Fsp3) is 0.263. The summed E-state index contributed by atoms with van der Waals surface area (Å²) in [5, 5.41) is 2.55. The van der Waals surface area contributed by atoms with Crippen LogP contribution in [0.4, 0.5) is 4.39 Å². The Labute approximate surface area is 140 Å². The minimum absolute atomic E-state index is 0.105. The molecule has 0 aliphatic heterocycles. The number of benzene rings is 2. The Bertz CT molecular complexity index is 758. The van der Waals surface area contributed by atoms with E-state index in [0.717, 1.165) is 16.7 Å². The van der Waals surface area contributed by atoms with Gasteiger partial charge in [-0.25, -0.2) is 9.18 Å². The van der Waals surface area contributed by atoms with Gasteiger partial charge in [-0.05, 0) is 42.7 Å². The number of carbonyl (C=O) groups excluding carboxylic acids is 2. The molecule has 0 unspecified atom stereocenters. The third-order valence-electron chi connectivity index (χ3n) is 3.92. The van der Waals surface area contributed by atoms with Gasteiger partial charge in [-0.1, -0.05) is 30.3 Å². The second kappa shape index (κ2) is 7.73.